The minimum absolute atomic E-state index is 0.0894. The number of para-hydroxylation sites is 1. The summed E-state index contributed by atoms with van der Waals surface area (Å²) in [6, 6.07) is 7.52. The summed E-state index contributed by atoms with van der Waals surface area (Å²) in [5.41, 5.74) is 0. The number of rotatable bonds is 10. The molecule has 1 amide bonds. The van der Waals surface area contributed by atoms with Crippen LogP contribution in [0.15, 0.2) is 24.3 Å². The first-order chi connectivity index (χ1) is 12.2. The Morgan fingerprint density at radius 1 is 1.16 bits per heavy atom. The fourth-order valence-electron chi connectivity index (χ4n) is 2.72. The number of nitrogens with zero attached hydrogens (tertiary/aromatic N) is 2. The summed E-state index contributed by atoms with van der Waals surface area (Å²) in [6.45, 7) is 6.99. The van der Waals surface area contributed by atoms with Crippen LogP contribution >= 0.6 is 11.6 Å². The van der Waals surface area contributed by atoms with Gasteiger partial charge >= 0.3 is 0 Å². The van der Waals surface area contributed by atoms with Crippen molar-refractivity contribution in [2.45, 2.75) is 6.42 Å². The number of hydrogen-bond acceptors (Lipinski definition) is 5. The molecule has 7 heteroatoms. The topological polar surface area (TPSA) is 54.0 Å². The molecule has 1 N–H and O–H groups in total. The molecule has 0 atom stereocenters. The molecule has 1 aliphatic rings. The Labute approximate surface area is 155 Å². The van der Waals surface area contributed by atoms with Gasteiger partial charge in [0.2, 0.25) is 5.91 Å². The summed E-state index contributed by atoms with van der Waals surface area (Å²) in [7, 11) is 1.67. The van der Waals surface area contributed by atoms with E-state index in [0.29, 0.717) is 31.3 Å². The van der Waals surface area contributed by atoms with Gasteiger partial charge in [-0.3, -0.25) is 14.6 Å². The largest absolute Gasteiger partial charge is 0.491 e. The number of hydrogen-bond donors (Lipinski definition) is 1. The van der Waals surface area contributed by atoms with Crippen LogP contribution in [-0.4, -0.2) is 81.8 Å². The van der Waals surface area contributed by atoms with Gasteiger partial charge in [-0.1, -0.05) is 23.7 Å². The van der Waals surface area contributed by atoms with Gasteiger partial charge in [-0.2, -0.15) is 0 Å². The third-order valence-electron chi connectivity index (χ3n) is 4.18. The van der Waals surface area contributed by atoms with E-state index >= 15 is 0 Å². The van der Waals surface area contributed by atoms with Crippen LogP contribution in [0.1, 0.15) is 6.42 Å². The summed E-state index contributed by atoms with van der Waals surface area (Å²) in [6.07, 6.45) is 0.849. The first kappa shape index (κ1) is 20.0. The van der Waals surface area contributed by atoms with E-state index in [-0.39, 0.29) is 5.91 Å². The van der Waals surface area contributed by atoms with E-state index in [1.165, 1.54) is 0 Å². The second-order valence-electron chi connectivity index (χ2n) is 6.09. The smallest absolute Gasteiger partial charge is 0.234 e. The quantitative estimate of drug-likeness (QED) is 0.633. The van der Waals surface area contributed by atoms with Crippen LogP contribution in [0, 0.1) is 0 Å². The average molecular weight is 370 g/mol. The number of ether oxygens (including phenoxy) is 2. The summed E-state index contributed by atoms with van der Waals surface area (Å²) in [5.74, 6) is 0.819. The van der Waals surface area contributed by atoms with Crippen LogP contribution in [0.5, 0.6) is 5.75 Å². The van der Waals surface area contributed by atoms with E-state index in [1.54, 1.807) is 7.11 Å². The number of nitrogens with one attached hydrogen (secondary N) is 1. The fraction of sp³-hybridized carbons (Fsp3) is 0.611. The second kappa shape index (κ2) is 11.3. The van der Waals surface area contributed by atoms with Gasteiger partial charge in [-0.05, 0) is 18.6 Å². The molecule has 0 aliphatic carbocycles. The van der Waals surface area contributed by atoms with Gasteiger partial charge in [-0.25, -0.2) is 0 Å². The van der Waals surface area contributed by atoms with Crippen molar-refractivity contribution in [3.05, 3.63) is 29.3 Å². The van der Waals surface area contributed by atoms with Crippen molar-refractivity contribution in [1.29, 1.82) is 0 Å². The number of carbonyl (C=O) groups is 1. The Balaban J connectivity index is 1.57. The van der Waals surface area contributed by atoms with Crippen LogP contribution in [0.4, 0.5) is 0 Å². The molecule has 25 heavy (non-hydrogen) atoms. The standard InChI is InChI=1S/C18H28ClN3O3/c1-24-13-4-7-20-18(23)15-22-10-8-21(9-11-22)12-14-25-17-6-3-2-5-16(17)19/h2-3,5-6H,4,7-15H2,1H3,(H,20,23). The molecule has 0 radical (unpaired) electrons. The SMILES string of the molecule is COCCCNC(=O)CN1CCN(CCOc2ccccc2Cl)CC1. The molecule has 1 fully saturated rings. The Morgan fingerprint density at radius 2 is 1.88 bits per heavy atom. The lowest BCUT2D eigenvalue weighted by atomic mass is 10.3. The molecule has 1 aliphatic heterocycles. The maximum absolute atomic E-state index is 11.9. The zero-order valence-corrected chi connectivity index (χ0v) is 15.6. The van der Waals surface area contributed by atoms with Gasteiger partial charge in [0.05, 0.1) is 11.6 Å². The van der Waals surface area contributed by atoms with Crippen LogP contribution < -0.4 is 10.1 Å². The van der Waals surface area contributed by atoms with Gasteiger partial charge in [0.15, 0.2) is 0 Å². The van der Waals surface area contributed by atoms with Crippen LogP contribution in [0.25, 0.3) is 0 Å². The van der Waals surface area contributed by atoms with Crippen molar-refractivity contribution in [2.75, 3.05) is 66.1 Å². The van der Waals surface area contributed by atoms with Crippen molar-refractivity contribution in [2.24, 2.45) is 0 Å². The van der Waals surface area contributed by atoms with E-state index in [9.17, 15) is 4.79 Å². The number of amides is 1. The number of carbonyl (C=O) groups excluding carboxylic acids is 1. The number of piperazine rings is 1. The first-order valence-corrected chi connectivity index (χ1v) is 9.14. The minimum atomic E-state index is 0.0894. The zero-order chi connectivity index (χ0) is 17.9. The predicted molar refractivity (Wildman–Crippen MR) is 99.3 cm³/mol. The molecular weight excluding hydrogens is 342 g/mol. The summed E-state index contributed by atoms with van der Waals surface area (Å²) < 4.78 is 10.7. The molecule has 1 saturated heterocycles. The molecule has 1 heterocycles. The third kappa shape index (κ3) is 7.61. The molecule has 0 aromatic heterocycles. The Bertz CT molecular complexity index is 522. The minimum Gasteiger partial charge on any atom is -0.491 e. The molecule has 0 bridgehead atoms. The fourth-order valence-corrected chi connectivity index (χ4v) is 2.91. The van der Waals surface area contributed by atoms with Crippen molar-refractivity contribution in [3.8, 4) is 5.75 Å². The Kier molecular flexibility index (Phi) is 9.04. The first-order valence-electron chi connectivity index (χ1n) is 8.76. The molecule has 1 aromatic rings. The molecule has 0 saturated carbocycles. The van der Waals surface area contributed by atoms with Crippen LogP contribution in [0.3, 0.4) is 0 Å². The van der Waals surface area contributed by atoms with Gasteiger partial charge in [0.1, 0.15) is 12.4 Å². The summed E-state index contributed by atoms with van der Waals surface area (Å²) in [5, 5.41) is 3.57. The molecule has 140 valence electrons. The lowest BCUT2D eigenvalue weighted by Gasteiger charge is -2.34. The number of methoxy groups -OCH3 is 1. The maximum atomic E-state index is 11.9. The van der Waals surface area contributed by atoms with Crippen molar-refractivity contribution >= 4 is 17.5 Å². The predicted octanol–water partition coefficient (Wildman–Crippen LogP) is 1.49. The van der Waals surface area contributed by atoms with Crippen molar-refractivity contribution in [1.82, 2.24) is 15.1 Å². The molecule has 6 nitrogen and oxygen atoms in total. The lowest BCUT2D eigenvalue weighted by molar-refractivity contribution is -0.122. The second-order valence-corrected chi connectivity index (χ2v) is 6.50. The normalized spacial score (nSPS) is 15.9. The van der Waals surface area contributed by atoms with E-state index in [0.717, 1.165) is 44.9 Å². The van der Waals surface area contributed by atoms with Crippen molar-refractivity contribution < 1.29 is 14.3 Å². The highest BCUT2D eigenvalue weighted by Gasteiger charge is 2.18. The average Bonchev–Trinajstić information content (AvgIpc) is 2.62. The van der Waals surface area contributed by atoms with E-state index < -0.39 is 0 Å². The lowest BCUT2D eigenvalue weighted by Crippen LogP contribution is -2.50. The molecule has 2 rings (SSSR count). The maximum Gasteiger partial charge on any atom is 0.234 e. The van der Waals surface area contributed by atoms with Crippen LogP contribution in [0.2, 0.25) is 5.02 Å². The van der Waals surface area contributed by atoms with E-state index in [4.69, 9.17) is 21.1 Å². The van der Waals surface area contributed by atoms with E-state index in [1.807, 2.05) is 24.3 Å². The van der Waals surface area contributed by atoms with E-state index in [2.05, 4.69) is 15.1 Å². The molecule has 1 aromatic carbocycles. The number of halogens is 1. The summed E-state index contributed by atoms with van der Waals surface area (Å²) >= 11 is 6.08. The van der Waals surface area contributed by atoms with Crippen LogP contribution in [-0.2, 0) is 9.53 Å². The third-order valence-corrected chi connectivity index (χ3v) is 4.49. The highest BCUT2D eigenvalue weighted by molar-refractivity contribution is 6.32. The summed E-state index contributed by atoms with van der Waals surface area (Å²) in [4.78, 5) is 16.4. The zero-order valence-electron chi connectivity index (χ0n) is 14.9. The molecular formula is C18H28ClN3O3. The Hall–Kier alpha value is -1.34. The Morgan fingerprint density at radius 3 is 2.60 bits per heavy atom. The highest BCUT2D eigenvalue weighted by Crippen LogP contribution is 2.22. The van der Waals surface area contributed by atoms with Gasteiger partial charge in [0.25, 0.3) is 0 Å². The highest BCUT2D eigenvalue weighted by atomic mass is 35.5. The van der Waals surface area contributed by atoms with Gasteiger partial charge < -0.3 is 14.8 Å². The van der Waals surface area contributed by atoms with Gasteiger partial charge in [0, 0.05) is 53.0 Å². The van der Waals surface area contributed by atoms with Gasteiger partial charge in [-0.15, -0.1) is 0 Å². The molecule has 0 spiro atoms. The molecule has 0 unspecified atom stereocenters. The van der Waals surface area contributed by atoms with Crippen molar-refractivity contribution in [3.63, 3.8) is 0 Å². The number of benzene rings is 1. The monoisotopic (exact) mass is 369 g/mol.